The van der Waals surface area contributed by atoms with Gasteiger partial charge in [-0.3, -0.25) is 0 Å². The Balaban J connectivity index is 1.61. The van der Waals surface area contributed by atoms with E-state index in [1.807, 2.05) is 36.7 Å². The molecule has 2 aliphatic heterocycles. The summed E-state index contributed by atoms with van der Waals surface area (Å²) in [6, 6.07) is 12.5. The smallest absolute Gasteiger partial charge is 0.265 e. The minimum Gasteiger partial charge on any atom is -0.495 e. The highest BCUT2D eigenvalue weighted by Crippen LogP contribution is 2.39. The molecule has 1 aromatic heterocycles. The van der Waals surface area contributed by atoms with Gasteiger partial charge in [0.25, 0.3) is 6.43 Å². The molecule has 6 nitrogen and oxygen atoms in total. The molecule has 0 spiro atoms. The third kappa shape index (κ3) is 4.14. The van der Waals surface area contributed by atoms with Crippen molar-refractivity contribution in [1.29, 1.82) is 0 Å². The molecule has 0 bridgehead atoms. The normalized spacial score (nSPS) is 12.4. The lowest BCUT2D eigenvalue weighted by molar-refractivity contribution is 0.150. The van der Waals surface area contributed by atoms with E-state index < -0.39 is 6.43 Å². The van der Waals surface area contributed by atoms with Crippen LogP contribution in [0.2, 0.25) is 0 Å². The molecule has 9 heteroatoms. The number of aromatic nitrogens is 5. The molecule has 2 aliphatic rings. The molecule has 0 unspecified atom stereocenters. The average molecular weight is 477 g/mol. The van der Waals surface area contributed by atoms with Crippen LogP contribution >= 0.6 is 0 Å². The molecule has 0 saturated heterocycles. The molecule has 1 atom stereocenters. The van der Waals surface area contributed by atoms with Crippen LogP contribution in [0.4, 0.5) is 13.2 Å². The van der Waals surface area contributed by atoms with Crippen LogP contribution in [0, 0.1) is 12.7 Å². The van der Waals surface area contributed by atoms with Crippen LogP contribution in [0.1, 0.15) is 36.2 Å². The minimum atomic E-state index is -2.68. The fourth-order valence-corrected chi connectivity index (χ4v) is 4.18. The summed E-state index contributed by atoms with van der Waals surface area (Å²) in [6.45, 7) is 3.74. The molecule has 178 valence electrons. The maximum absolute atomic E-state index is 13.9. The van der Waals surface area contributed by atoms with Gasteiger partial charge in [0.1, 0.15) is 17.3 Å². The second-order valence-electron chi connectivity index (χ2n) is 8.30. The Morgan fingerprint density at radius 3 is 2.37 bits per heavy atom. The number of hydrogen-bond donors (Lipinski definition) is 0. The second kappa shape index (κ2) is 8.90. The highest BCUT2D eigenvalue weighted by molar-refractivity contribution is 5.80. The Morgan fingerprint density at radius 1 is 0.943 bits per heavy atom. The van der Waals surface area contributed by atoms with E-state index in [1.54, 1.807) is 36.2 Å². The summed E-state index contributed by atoms with van der Waals surface area (Å²) in [5.74, 6) is 0.666. The van der Waals surface area contributed by atoms with E-state index in [4.69, 9.17) is 4.74 Å². The Labute approximate surface area is 200 Å². The quantitative estimate of drug-likeness (QED) is 0.291. The lowest BCUT2D eigenvalue weighted by Crippen LogP contribution is -2.12. The number of hydrogen-bond acceptors (Lipinski definition) is 4. The summed E-state index contributed by atoms with van der Waals surface area (Å²) in [5.41, 5.74) is 3.89. The molecule has 2 aromatic carbocycles. The number of halogens is 3. The number of methoxy groups -OCH3 is 1. The SMILES string of the molecule is COc1cc(-c2nnc3n([C@@H](C)c4ccc(F)cc4)cc(C(F)F)cc2-3)ccc1-n1cnc(C)c1. The number of nitrogens with zero attached hydrogens (tertiary/aromatic N) is 5. The van der Waals surface area contributed by atoms with Crippen LogP contribution in [0.15, 0.2) is 67.3 Å². The van der Waals surface area contributed by atoms with Crippen molar-refractivity contribution in [2.24, 2.45) is 0 Å². The van der Waals surface area contributed by atoms with E-state index in [1.165, 1.54) is 24.4 Å². The van der Waals surface area contributed by atoms with Gasteiger partial charge in [-0.25, -0.2) is 18.2 Å². The van der Waals surface area contributed by atoms with Crippen molar-refractivity contribution in [2.45, 2.75) is 26.3 Å². The Morgan fingerprint density at radius 2 is 1.71 bits per heavy atom. The van der Waals surface area contributed by atoms with Gasteiger partial charge in [0.2, 0.25) is 0 Å². The van der Waals surface area contributed by atoms with E-state index >= 15 is 0 Å². The highest BCUT2D eigenvalue weighted by Gasteiger charge is 2.25. The first-order valence-electron chi connectivity index (χ1n) is 11.0. The number of pyridine rings is 1. The summed E-state index contributed by atoms with van der Waals surface area (Å²) in [5, 5.41) is 8.69. The van der Waals surface area contributed by atoms with Crippen LogP contribution in [-0.2, 0) is 0 Å². The lowest BCUT2D eigenvalue weighted by Gasteiger charge is -2.21. The Hall–Kier alpha value is -4.14. The topological polar surface area (TPSA) is 57.8 Å². The molecule has 0 N–H and O–H groups in total. The maximum Gasteiger partial charge on any atom is 0.265 e. The van der Waals surface area contributed by atoms with E-state index in [0.29, 0.717) is 28.4 Å². The van der Waals surface area contributed by atoms with Gasteiger partial charge in [-0.05, 0) is 49.7 Å². The van der Waals surface area contributed by atoms with Gasteiger partial charge in [-0.2, -0.15) is 0 Å². The Bertz CT molecular complexity index is 1460. The summed E-state index contributed by atoms with van der Waals surface area (Å²) in [4.78, 5) is 4.25. The van der Waals surface area contributed by atoms with Gasteiger partial charge >= 0.3 is 0 Å². The summed E-state index contributed by atoms with van der Waals surface area (Å²) in [6.07, 6.45) is 2.27. The molecular formula is C26H22F3N5O. The van der Waals surface area contributed by atoms with Gasteiger partial charge in [-0.1, -0.05) is 18.2 Å². The molecular weight excluding hydrogens is 455 g/mol. The van der Waals surface area contributed by atoms with Crippen LogP contribution < -0.4 is 4.74 Å². The van der Waals surface area contributed by atoms with Crippen LogP contribution in [0.25, 0.3) is 28.3 Å². The predicted molar refractivity (Wildman–Crippen MR) is 126 cm³/mol. The zero-order valence-electron chi connectivity index (χ0n) is 19.3. The molecule has 3 heterocycles. The number of ether oxygens (including phenoxy) is 1. The zero-order chi connectivity index (χ0) is 24.7. The molecule has 35 heavy (non-hydrogen) atoms. The summed E-state index contributed by atoms with van der Waals surface area (Å²) < 4.78 is 50.2. The number of imidazole rings is 1. The monoisotopic (exact) mass is 477 g/mol. The van der Waals surface area contributed by atoms with Gasteiger partial charge in [-0.15, -0.1) is 10.2 Å². The molecule has 0 saturated carbocycles. The van der Waals surface area contributed by atoms with Gasteiger partial charge < -0.3 is 13.9 Å². The fraction of sp³-hybridized carbons (Fsp3) is 0.192. The second-order valence-corrected chi connectivity index (χ2v) is 8.30. The first-order valence-corrected chi connectivity index (χ1v) is 11.0. The van der Waals surface area contributed by atoms with E-state index in [-0.39, 0.29) is 17.4 Å². The summed E-state index contributed by atoms with van der Waals surface area (Å²) >= 11 is 0. The third-order valence-electron chi connectivity index (χ3n) is 6.05. The van der Waals surface area contributed by atoms with Crippen molar-refractivity contribution < 1.29 is 17.9 Å². The Kier molecular flexibility index (Phi) is 5.76. The first kappa shape index (κ1) is 22.6. The molecule has 0 fully saturated rings. The molecule has 0 aliphatic carbocycles. The van der Waals surface area contributed by atoms with Crippen molar-refractivity contribution in [1.82, 2.24) is 24.3 Å². The van der Waals surface area contributed by atoms with Gasteiger partial charge in [0, 0.05) is 29.1 Å². The largest absolute Gasteiger partial charge is 0.495 e. The number of alkyl halides is 2. The predicted octanol–water partition coefficient (Wildman–Crippen LogP) is 6.24. The minimum absolute atomic E-state index is 0.153. The average Bonchev–Trinajstić information content (AvgIpc) is 3.49. The zero-order valence-corrected chi connectivity index (χ0v) is 19.3. The van der Waals surface area contributed by atoms with Crippen molar-refractivity contribution in [3.63, 3.8) is 0 Å². The lowest BCUT2D eigenvalue weighted by atomic mass is 10.0. The van der Waals surface area contributed by atoms with Crippen molar-refractivity contribution in [3.8, 4) is 34.1 Å². The van der Waals surface area contributed by atoms with Crippen molar-refractivity contribution >= 4 is 0 Å². The number of aryl methyl sites for hydroxylation is 1. The molecule has 0 amide bonds. The molecule has 5 rings (SSSR count). The highest BCUT2D eigenvalue weighted by atomic mass is 19.3. The van der Waals surface area contributed by atoms with Gasteiger partial charge in [0.15, 0.2) is 5.82 Å². The standard InChI is InChI=1S/C26H22F3N5O/c1-15-12-33(14-30-15)22-9-6-18(11-23(22)35-3)24-21-10-19(25(28)29)13-34(26(21)32-31-24)16(2)17-4-7-20(27)8-5-17/h4-14,16,25H,1-3H3/t16-/m0/s1. The van der Waals surface area contributed by atoms with Crippen LogP contribution in [0.3, 0.4) is 0 Å². The number of benzene rings is 2. The van der Waals surface area contributed by atoms with Crippen molar-refractivity contribution in [3.05, 3.63) is 89.9 Å². The van der Waals surface area contributed by atoms with E-state index in [0.717, 1.165) is 16.9 Å². The van der Waals surface area contributed by atoms with Crippen molar-refractivity contribution in [2.75, 3.05) is 7.11 Å². The van der Waals surface area contributed by atoms with E-state index in [2.05, 4.69) is 15.2 Å². The van der Waals surface area contributed by atoms with Gasteiger partial charge in [0.05, 0.1) is 30.9 Å². The van der Waals surface area contributed by atoms with Crippen LogP contribution in [0.5, 0.6) is 5.75 Å². The first-order chi connectivity index (χ1) is 16.9. The van der Waals surface area contributed by atoms with Crippen LogP contribution in [-0.4, -0.2) is 31.4 Å². The fourth-order valence-electron chi connectivity index (χ4n) is 4.18. The maximum atomic E-state index is 13.9. The summed E-state index contributed by atoms with van der Waals surface area (Å²) in [7, 11) is 1.56. The third-order valence-corrected chi connectivity index (χ3v) is 6.05. The number of rotatable bonds is 6. The molecule has 3 aromatic rings. The number of fused-ring (bicyclic) bond motifs is 1. The molecule has 0 radical (unpaired) electrons. The van der Waals surface area contributed by atoms with E-state index in [9.17, 15) is 13.2 Å².